The smallest absolute Gasteiger partial charge is 1.00 e. The van der Waals surface area contributed by atoms with Gasteiger partial charge in [0.05, 0.1) is 0 Å². The van der Waals surface area contributed by atoms with E-state index in [9.17, 15) is 19.8 Å². The molecule has 134 valence electrons. The molecule has 0 rings (SSSR count). The van der Waals surface area contributed by atoms with Crippen LogP contribution in [0.3, 0.4) is 0 Å². The van der Waals surface area contributed by atoms with Crippen molar-refractivity contribution < 1.29 is 71.1 Å². The van der Waals surface area contributed by atoms with Crippen molar-refractivity contribution in [2.75, 3.05) is 0 Å². The maximum absolute atomic E-state index is 11.4. The Balaban J connectivity index is -0.000000367. The average Bonchev–Trinajstić information content (AvgIpc) is 2.47. The van der Waals surface area contributed by atoms with Crippen LogP contribution in [0.4, 0.5) is 0 Å². The Hall–Kier alpha value is 0.537. The molecule has 0 bridgehead atoms. The van der Waals surface area contributed by atoms with Crippen molar-refractivity contribution in [2.45, 2.75) is 97.3 Å². The molecule has 24 heavy (non-hydrogen) atoms. The van der Waals surface area contributed by atoms with Crippen LogP contribution in [-0.4, -0.2) is 22.2 Å². The third-order valence-corrected chi connectivity index (χ3v) is 4.45. The van der Waals surface area contributed by atoms with Gasteiger partial charge in [-0.05, 0) is 12.8 Å². The van der Waals surface area contributed by atoms with E-state index >= 15 is 0 Å². The van der Waals surface area contributed by atoms with E-state index in [2.05, 4.69) is 6.92 Å². The number of carboxylic acid groups (broad SMARTS) is 2. The summed E-state index contributed by atoms with van der Waals surface area (Å²) in [6, 6.07) is 0. The Morgan fingerprint density at radius 2 is 1.08 bits per heavy atom. The molecule has 0 aromatic rings. The molecule has 0 radical (unpaired) electrons. The van der Waals surface area contributed by atoms with Crippen LogP contribution >= 0.6 is 0 Å². The molecule has 2 N–H and O–H groups in total. The van der Waals surface area contributed by atoms with E-state index in [1.165, 1.54) is 44.9 Å². The van der Waals surface area contributed by atoms with E-state index in [1.807, 2.05) is 6.92 Å². The van der Waals surface area contributed by atoms with Gasteiger partial charge >= 0.3 is 60.4 Å². The fourth-order valence-corrected chi connectivity index (χ4v) is 2.99. The zero-order valence-corrected chi connectivity index (χ0v) is 18.4. The monoisotopic (exact) mass is 346 g/mol. The first-order valence-corrected chi connectivity index (χ1v) is 8.98. The molecule has 0 unspecified atom stereocenters. The van der Waals surface area contributed by atoms with E-state index in [0.29, 0.717) is 12.8 Å². The number of unbranched alkanes of at least 4 members (excludes halogenated alkanes) is 9. The van der Waals surface area contributed by atoms with Crippen LogP contribution in [0.1, 0.15) is 100 Å². The van der Waals surface area contributed by atoms with Crippen LogP contribution in [0.15, 0.2) is 0 Å². The van der Waals surface area contributed by atoms with Gasteiger partial charge in [0, 0.05) is 0 Å². The second kappa shape index (κ2) is 18.3. The minimum Gasteiger partial charge on any atom is -1.00 e. The molecule has 0 saturated heterocycles. The van der Waals surface area contributed by atoms with Gasteiger partial charge in [0.1, 0.15) is 0 Å². The number of carboxylic acids is 2. The number of carbonyl (C=O) groups is 2. The molecule has 0 saturated carbocycles. The maximum Gasteiger partial charge on any atom is 1.00 e. The Morgan fingerprint density at radius 3 is 1.42 bits per heavy atom. The Bertz CT molecular complexity index is 320. The van der Waals surface area contributed by atoms with Gasteiger partial charge in [0.2, 0.25) is 0 Å². The molecule has 0 fully saturated rings. The summed E-state index contributed by atoms with van der Waals surface area (Å²) in [6.07, 6.45) is 12.7. The molecule has 0 aliphatic carbocycles. The second-order valence-corrected chi connectivity index (χ2v) is 6.37. The Kier molecular flexibility index (Phi) is 22.4. The predicted molar refractivity (Wildman–Crippen MR) is 91.3 cm³/mol. The van der Waals surface area contributed by atoms with Crippen molar-refractivity contribution in [3.8, 4) is 0 Å². The topological polar surface area (TPSA) is 74.6 Å². The third kappa shape index (κ3) is 12.0. The fraction of sp³-hybridized carbons (Fsp3) is 0.889. The fourth-order valence-electron chi connectivity index (χ4n) is 2.99. The standard InChI is InChI=1S/C18H34O4.Li.Na.2H/c1-3-5-6-7-8-9-10-11-12-13-15-18(14-4-2,16(19)20)17(21)22;;;;/h3-15H2,1-2H3,(H,19,20)(H,21,22);;;;/q;2*+1;2*-1. The first kappa shape index (κ1) is 29.3. The van der Waals surface area contributed by atoms with Gasteiger partial charge in [0.15, 0.2) is 5.41 Å². The van der Waals surface area contributed by atoms with Gasteiger partial charge < -0.3 is 13.1 Å². The van der Waals surface area contributed by atoms with Gasteiger partial charge in [-0.2, -0.15) is 0 Å². The van der Waals surface area contributed by atoms with Crippen molar-refractivity contribution in [1.29, 1.82) is 0 Å². The van der Waals surface area contributed by atoms with Crippen molar-refractivity contribution in [3.63, 3.8) is 0 Å². The van der Waals surface area contributed by atoms with Gasteiger partial charge in [-0.25, -0.2) is 0 Å². The van der Waals surface area contributed by atoms with Crippen molar-refractivity contribution in [1.82, 2.24) is 0 Å². The molecule has 4 nitrogen and oxygen atoms in total. The van der Waals surface area contributed by atoms with Gasteiger partial charge in [-0.15, -0.1) is 0 Å². The summed E-state index contributed by atoms with van der Waals surface area (Å²) in [5.74, 6) is -2.37. The molecule has 0 atom stereocenters. The summed E-state index contributed by atoms with van der Waals surface area (Å²) in [5, 5.41) is 18.6. The predicted octanol–water partition coefficient (Wildman–Crippen LogP) is -0.514. The van der Waals surface area contributed by atoms with Crippen LogP contribution in [0, 0.1) is 5.41 Å². The minimum atomic E-state index is -1.57. The van der Waals surface area contributed by atoms with Gasteiger partial charge in [-0.3, -0.25) is 9.59 Å². The van der Waals surface area contributed by atoms with E-state index < -0.39 is 17.4 Å². The van der Waals surface area contributed by atoms with E-state index in [1.54, 1.807) is 0 Å². The van der Waals surface area contributed by atoms with Gasteiger partial charge in [-0.1, -0.05) is 84.5 Å². The maximum atomic E-state index is 11.4. The van der Waals surface area contributed by atoms with Crippen molar-refractivity contribution in [3.05, 3.63) is 0 Å². The number of rotatable bonds is 15. The van der Waals surface area contributed by atoms with Crippen LogP contribution in [-0.2, 0) is 9.59 Å². The minimum absolute atomic E-state index is 0. The van der Waals surface area contributed by atoms with E-state index in [-0.39, 0.29) is 64.1 Å². The third-order valence-electron chi connectivity index (χ3n) is 4.45. The van der Waals surface area contributed by atoms with Crippen molar-refractivity contribution >= 4 is 11.9 Å². The summed E-state index contributed by atoms with van der Waals surface area (Å²) >= 11 is 0. The number of hydrogen-bond acceptors (Lipinski definition) is 2. The molecular formula is C18H36LiNaO4. The average molecular weight is 346 g/mol. The first-order valence-electron chi connectivity index (χ1n) is 8.98. The SMILES string of the molecule is CCCCCCCCCCCCC(CCC)(C(=O)O)C(=O)O.[H-].[H-].[Li+].[Na+]. The summed E-state index contributed by atoms with van der Waals surface area (Å²) in [7, 11) is 0. The number of hydrogen-bond donors (Lipinski definition) is 2. The van der Waals surface area contributed by atoms with Gasteiger partial charge in [0.25, 0.3) is 0 Å². The first-order chi connectivity index (χ1) is 10.5. The van der Waals surface area contributed by atoms with E-state index in [4.69, 9.17) is 0 Å². The summed E-state index contributed by atoms with van der Waals surface area (Å²) < 4.78 is 0. The molecular weight excluding hydrogens is 310 g/mol. The molecule has 6 heteroatoms. The van der Waals surface area contributed by atoms with E-state index in [0.717, 1.165) is 12.8 Å². The summed E-state index contributed by atoms with van der Waals surface area (Å²) in [6.45, 7) is 4.05. The zero-order valence-electron chi connectivity index (χ0n) is 18.4. The summed E-state index contributed by atoms with van der Waals surface area (Å²) in [5.41, 5.74) is -1.57. The molecule has 0 aliphatic heterocycles. The van der Waals surface area contributed by atoms with Crippen LogP contribution in [0.25, 0.3) is 0 Å². The normalized spacial score (nSPS) is 10.6. The molecule has 0 amide bonds. The van der Waals surface area contributed by atoms with Crippen LogP contribution < -0.4 is 48.4 Å². The molecule has 0 heterocycles. The molecule has 0 aromatic carbocycles. The quantitative estimate of drug-likeness (QED) is 0.238. The molecule has 0 aromatic heterocycles. The largest absolute Gasteiger partial charge is 1.00 e. The second-order valence-electron chi connectivity index (χ2n) is 6.37. The zero-order chi connectivity index (χ0) is 16.8. The Morgan fingerprint density at radius 1 is 0.708 bits per heavy atom. The van der Waals surface area contributed by atoms with Crippen LogP contribution in [0.2, 0.25) is 0 Å². The number of aliphatic carboxylic acids is 2. The summed E-state index contributed by atoms with van der Waals surface area (Å²) in [4.78, 5) is 22.7. The van der Waals surface area contributed by atoms with Crippen LogP contribution in [0.5, 0.6) is 0 Å². The Labute approximate surface area is 185 Å². The molecule has 0 spiro atoms. The van der Waals surface area contributed by atoms with Crippen molar-refractivity contribution in [2.24, 2.45) is 5.41 Å². The molecule has 0 aliphatic rings.